The van der Waals surface area contributed by atoms with Crippen LogP contribution in [0.3, 0.4) is 0 Å². The molecule has 0 saturated carbocycles. The van der Waals surface area contributed by atoms with Crippen molar-refractivity contribution < 1.29 is 4.79 Å². The van der Waals surface area contributed by atoms with Gasteiger partial charge >= 0.3 is 0 Å². The van der Waals surface area contributed by atoms with Crippen LogP contribution in [0.4, 0.5) is 5.69 Å². The molecular formula is C14H13ClN2O. The lowest BCUT2D eigenvalue weighted by Crippen LogP contribution is -2.30. The number of pyridine rings is 1. The summed E-state index contributed by atoms with van der Waals surface area (Å²) in [5.41, 5.74) is 1.27. The number of benzene rings is 1. The van der Waals surface area contributed by atoms with Crippen molar-refractivity contribution in [2.75, 3.05) is 11.4 Å². The molecule has 0 unspecified atom stereocenters. The van der Waals surface area contributed by atoms with E-state index in [4.69, 9.17) is 11.6 Å². The fourth-order valence-corrected chi connectivity index (χ4v) is 1.94. The second-order valence-electron chi connectivity index (χ2n) is 3.73. The molecule has 0 aliphatic heterocycles. The highest BCUT2D eigenvalue weighted by atomic mass is 35.5. The van der Waals surface area contributed by atoms with Crippen molar-refractivity contribution in [3.8, 4) is 0 Å². The maximum absolute atomic E-state index is 12.4. The minimum absolute atomic E-state index is 0.137. The number of amides is 1. The lowest BCUT2D eigenvalue weighted by atomic mass is 10.2. The zero-order valence-electron chi connectivity index (χ0n) is 10.0. The summed E-state index contributed by atoms with van der Waals surface area (Å²) in [7, 11) is 0. The van der Waals surface area contributed by atoms with Gasteiger partial charge in [0.25, 0.3) is 5.91 Å². The van der Waals surface area contributed by atoms with Crippen molar-refractivity contribution in [2.24, 2.45) is 0 Å². The van der Waals surface area contributed by atoms with Crippen molar-refractivity contribution in [2.45, 2.75) is 6.92 Å². The van der Waals surface area contributed by atoms with E-state index in [0.717, 1.165) is 5.69 Å². The Hall–Kier alpha value is -1.87. The first-order valence-electron chi connectivity index (χ1n) is 5.71. The minimum atomic E-state index is -0.137. The molecule has 0 aliphatic carbocycles. The number of carbonyl (C=O) groups excluding carboxylic acids is 1. The van der Waals surface area contributed by atoms with Crippen LogP contribution in [0.15, 0.2) is 48.7 Å². The molecule has 1 aromatic carbocycles. The van der Waals surface area contributed by atoms with E-state index in [1.807, 2.05) is 37.3 Å². The molecule has 1 heterocycles. The maximum Gasteiger partial charge on any atom is 0.261 e. The topological polar surface area (TPSA) is 33.2 Å². The van der Waals surface area contributed by atoms with Crippen LogP contribution in [-0.4, -0.2) is 17.4 Å². The SMILES string of the molecule is CCN(C(=O)c1cccnc1Cl)c1ccccc1. The predicted molar refractivity (Wildman–Crippen MR) is 73.0 cm³/mol. The normalized spacial score (nSPS) is 10.1. The maximum atomic E-state index is 12.4. The van der Waals surface area contributed by atoms with E-state index in [1.54, 1.807) is 23.2 Å². The Morgan fingerprint density at radius 3 is 2.56 bits per heavy atom. The number of halogens is 1. The van der Waals surface area contributed by atoms with Gasteiger partial charge in [-0.15, -0.1) is 0 Å². The standard InChI is InChI=1S/C14H13ClN2O/c1-2-17(11-7-4-3-5-8-11)14(18)12-9-6-10-16-13(12)15/h3-10H,2H2,1H3. The summed E-state index contributed by atoms with van der Waals surface area (Å²) >= 11 is 5.95. The molecule has 1 amide bonds. The molecule has 0 fully saturated rings. The molecule has 3 nitrogen and oxygen atoms in total. The van der Waals surface area contributed by atoms with Gasteiger partial charge < -0.3 is 4.90 Å². The Kier molecular flexibility index (Phi) is 3.95. The van der Waals surface area contributed by atoms with Gasteiger partial charge in [-0.2, -0.15) is 0 Å². The van der Waals surface area contributed by atoms with E-state index >= 15 is 0 Å². The van der Waals surface area contributed by atoms with Gasteiger partial charge in [-0.1, -0.05) is 29.8 Å². The monoisotopic (exact) mass is 260 g/mol. The second-order valence-corrected chi connectivity index (χ2v) is 4.08. The largest absolute Gasteiger partial charge is 0.309 e. The lowest BCUT2D eigenvalue weighted by molar-refractivity contribution is 0.0988. The number of para-hydroxylation sites is 1. The van der Waals surface area contributed by atoms with E-state index in [1.165, 1.54) is 0 Å². The molecule has 0 atom stereocenters. The summed E-state index contributed by atoms with van der Waals surface area (Å²) in [4.78, 5) is 18.0. The van der Waals surface area contributed by atoms with Gasteiger partial charge in [-0.3, -0.25) is 4.79 Å². The van der Waals surface area contributed by atoms with E-state index in [9.17, 15) is 4.79 Å². The Labute approximate surface area is 111 Å². The average molecular weight is 261 g/mol. The highest BCUT2D eigenvalue weighted by Gasteiger charge is 2.18. The summed E-state index contributed by atoms with van der Waals surface area (Å²) in [6, 6.07) is 12.9. The van der Waals surface area contributed by atoms with E-state index in [2.05, 4.69) is 4.98 Å². The van der Waals surface area contributed by atoms with Gasteiger partial charge in [0.05, 0.1) is 5.56 Å². The fraction of sp³-hybridized carbons (Fsp3) is 0.143. The third-order valence-electron chi connectivity index (χ3n) is 2.62. The molecule has 0 bridgehead atoms. The lowest BCUT2D eigenvalue weighted by Gasteiger charge is -2.21. The Bertz CT molecular complexity index is 543. The Balaban J connectivity index is 2.35. The molecule has 18 heavy (non-hydrogen) atoms. The number of hydrogen-bond donors (Lipinski definition) is 0. The first-order chi connectivity index (χ1) is 8.74. The summed E-state index contributed by atoms with van der Waals surface area (Å²) in [5, 5.41) is 0.233. The number of aromatic nitrogens is 1. The number of nitrogens with zero attached hydrogens (tertiary/aromatic N) is 2. The van der Waals surface area contributed by atoms with Crippen LogP contribution in [-0.2, 0) is 0 Å². The van der Waals surface area contributed by atoms with Crippen molar-refractivity contribution in [1.82, 2.24) is 4.98 Å². The smallest absolute Gasteiger partial charge is 0.261 e. The van der Waals surface area contributed by atoms with Crippen LogP contribution in [0.5, 0.6) is 0 Å². The highest BCUT2D eigenvalue weighted by Crippen LogP contribution is 2.19. The van der Waals surface area contributed by atoms with Crippen molar-refractivity contribution in [1.29, 1.82) is 0 Å². The highest BCUT2D eigenvalue weighted by molar-refractivity contribution is 6.33. The number of hydrogen-bond acceptors (Lipinski definition) is 2. The molecule has 2 aromatic rings. The Morgan fingerprint density at radius 2 is 1.94 bits per heavy atom. The molecule has 4 heteroatoms. The summed E-state index contributed by atoms with van der Waals surface area (Å²) < 4.78 is 0. The molecule has 0 aliphatic rings. The van der Waals surface area contributed by atoms with Crippen molar-refractivity contribution in [3.63, 3.8) is 0 Å². The molecule has 92 valence electrons. The molecule has 0 radical (unpaired) electrons. The predicted octanol–water partition coefficient (Wildman–Crippen LogP) is 3.40. The van der Waals surface area contributed by atoms with E-state index in [0.29, 0.717) is 12.1 Å². The molecule has 2 rings (SSSR count). The first-order valence-corrected chi connectivity index (χ1v) is 6.09. The van der Waals surface area contributed by atoms with Crippen molar-refractivity contribution in [3.05, 3.63) is 59.4 Å². The summed E-state index contributed by atoms with van der Waals surface area (Å²) in [5.74, 6) is -0.137. The molecule has 1 aromatic heterocycles. The third kappa shape index (κ3) is 2.51. The van der Waals surface area contributed by atoms with Gasteiger partial charge in [-0.05, 0) is 31.2 Å². The van der Waals surface area contributed by atoms with Crippen LogP contribution in [0, 0.1) is 0 Å². The third-order valence-corrected chi connectivity index (χ3v) is 2.92. The zero-order chi connectivity index (χ0) is 13.0. The molecule has 0 N–H and O–H groups in total. The van der Waals surface area contributed by atoms with E-state index < -0.39 is 0 Å². The number of carbonyl (C=O) groups is 1. The van der Waals surface area contributed by atoms with Gasteiger partial charge in [-0.25, -0.2) is 4.98 Å². The van der Waals surface area contributed by atoms with Gasteiger partial charge in [0.1, 0.15) is 5.15 Å². The molecule has 0 saturated heterocycles. The van der Waals surface area contributed by atoms with Crippen LogP contribution in [0.2, 0.25) is 5.15 Å². The van der Waals surface area contributed by atoms with Gasteiger partial charge in [0.15, 0.2) is 0 Å². The summed E-state index contributed by atoms with van der Waals surface area (Å²) in [6.45, 7) is 2.50. The fourth-order valence-electron chi connectivity index (χ4n) is 1.74. The second kappa shape index (κ2) is 5.65. The van der Waals surface area contributed by atoms with E-state index in [-0.39, 0.29) is 11.1 Å². The summed E-state index contributed by atoms with van der Waals surface area (Å²) in [6.07, 6.45) is 1.57. The minimum Gasteiger partial charge on any atom is -0.309 e. The van der Waals surface area contributed by atoms with Crippen LogP contribution < -0.4 is 4.90 Å². The van der Waals surface area contributed by atoms with Gasteiger partial charge in [0, 0.05) is 18.4 Å². The average Bonchev–Trinajstić information content (AvgIpc) is 2.41. The zero-order valence-corrected chi connectivity index (χ0v) is 10.8. The van der Waals surface area contributed by atoms with Crippen LogP contribution in [0.25, 0.3) is 0 Å². The van der Waals surface area contributed by atoms with Crippen LogP contribution in [0.1, 0.15) is 17.3 Å². The quantitative estimate of drug-likeness (QED) is 0.793. The number of rotatable bonds is 3. The number of anilines is 1. The first kappa shape index (κ1) is 12.6. The van der Waals surface area contributed by atoms with Crippen LogP contribution >= 0.6 is 11.6 Å². The Morgan fingerprint density at radius 1 is 1.22 bits per heavy atom. The van der Waals surface area contributed by atoms with Crippen molar-refractivity contribution >= 4 is 23.2 Å². The molecular weight excluding hydrogens is 248 g/mol. The molecule has 0 spiro atoms. The van der Waals surface area contributed by atoms with Gasteiger partial charge in [0.2, 0.25) is 0 Å².